The predicted octanol–water partition coefficient (Wildman–Crippen LogP) is 4.89. The summed E-state index contributed by atoms with van der Waals surface area (Å²) in [5.41, 5.74) is 0.664. The molecule has 4 aromatic rings. The number of anilines is 2. The molecule has 12 heteroatoms. The smallest absolute Gasteiger partial charge is 0.416 e. The molecule has 2 heterocycles. The van der Waals surface area contributed by atoms with Gasteiger partial charge >= 0.3 is 6.18 Å². The average molecular weight is 476 g/mol. The molecule has 4 rings (SSSR count). The fourth-order valence-corrected chi connectivity index (χ4v) is 3.32. The number of imidazole rings is 1. The van der Waals surface area contributed by atoms with E-state index in [1.54, 1.807) is 29.1 Å². The van der Waals surface area contributed by atoms with E-state index in [9.17, 15) is 17.6 Å². The maximum absolute atomic E-state index is 14.7. The molecule has 0 fully saturated rings. The summed E-state index contributed by atoms with van der Waals surface area (Å²) in [7, 11) is 4.14. The number of hydrogen-bond donors (Lipinski definition) is 1. The van der Waals surface area contributed by atoms with E-state index in [0.29, 0.717) is 23.4 Å². The van der Waals surface area contributed by atoms with E-state index in [-0.39, 0.29) is 11.8 Å². The Morgan fingerprint density at radius 2 is 1.76 bits per heavy atom. The molecule has 0 atom stereocenters. The van der Waals surface area contributed by atoms with Crippen molar-refractivity contribution in [3.8, 4) is 28.6 Å². The Hall–Kier alpha value is -4.09. The minimum atomic E-state index is -4.69. The van der Waals surface area contributed by atoms with Gasteiger partial charge in [0.15, 0.2) is 17.4 Å². The summed E-state index contributed by atoms with van der Waals surface area (Å²) in [6.07, 6.45) is -1.18. The number of alkyl halides is 3. The highest BCUT2D eigenvalue weighted by atomic mass is 19.4. The summed E-state index contributed by atoms with van der Waals surface area (Å²) >= 11 is 0. The molecule has 0 aliphatic carbocycles. The summed E-state index contributed by atoms with van der Waals surface area (Å²) < 4.78 is 67.7. The van der Waals surface area contributed by atoms with E-state index < -0.39 is 29.0 Å². The third-order valence-corrected chi connectivity index (χ3v) is 5.02. The molecule has 178 valence electrons. The van der Waals surface area contributed by atoms with Crippen molar-refractivity contribution in [2.24, 2.45) is 7.05 Å². The number of benzene rings is 2. The molecule has 0 unspecified atom stereocenters. The van der Waals surface area contributed by atoms with E-state index in [0.717, 1.165) is 18.5 Å². The van der Waals surface area contributed by atoms with Crippen molar-refractivity contribution in [1.82, 2.24) is 24.3 Å². The first-order chi connectivity index (χ1) is 16.1. The van der Waals surface area contributed by atoms with Gasteiger partial charge in [0.2, 0.25) is 5.95 Å². The average Bonchev–Trinajstić information content (AvgIpc) is 3.39. The molecule has 2 aromatic heterocycles. The van der Waals surface area contributed by atoms with Crippen molar-refractivity contribution < 1.29 is 27.0 Å². The van der Waals surface area contributed by atoms with Gasteiger partial charge < -0.3 is 19.4 Å². The number of methoxy groups -OCH3 is 2. The number of halogens is 4. The van der Waals surface area contributed by atoms with Gasteiger partial charge in [-0.2, -0.15) is 18.2 Å². The second-order valence-electron chi connectivity index (χ2n) is 7.35. The summed E-state index contributed by atoms with van der Waals surface area (Å²) in [5.74, 6) is -0.707. The highest BCUT2D eigenvalue weighted by Gasteiger charge is 2.33. The van der Waals surface area contributed by atoms with Gasteiger partial charge in [-0.3, -0.25) is 0 Å². The first kappa shape index (κ1) is 23.1. The molecule has 0 aliphatic rings. The maximum Gasteiger partial charge on any atom is 0.416 e. The Balaban J connectivity index is 1.69. The van der Waals surface area contributed by atoms with Crippen LogP contribution in [0.4, 0.5) is 29.2 Å². The molecular formula is C22H20F4N6O2. The third-order valence-electron chi connectivity index (χ3n) is 5.02. The van der Waals surface area contributed by atoms with Crippen LogP contribution in [-0.2, 0) is 13.2 Å². The number of ether oxygens (including phenoxy) is 2. The molecule has 2 aromatic carbocycles. The van der Waals surface area contributed by atoms with Crippen LogP contribution in [-0.4, -0.2) is 38.5 Å². The van der Waals surface area contributed by atoms with Gasteiger partial charge in [0.25, 0.3) is 0 Å². The number of nitrogens with zero attached hydrogens (tertiary/aromatic N) is 5. The monoisotopic (exact) mass is 476 g/mol. The fraction of sp³-hybridized carbons (Fsp3) is 0.227. The summed E-state index contributed by atoms with van der Waals surface area (Å²) in [6.45, 7) is 1.87. The van der Waals surface area contributed by atoms with Crippen LogP contribution in [0, 0.1) is 12.7 Å². The number of aromatic nitrogens is 5. The van der Waals surface area contributed by atoms with Crippen LogP contribution in [0.25, 0.3) is 17.1 Å². The van der Waals surface area contributed by atoms with Gasteiger partial charge in [0.05, 0.1) is 43.2 Å². The van der Waals surface area contributed by atoms with Gasteiger partial charge in [-0.25, -0.2) is 14.1 Å². The van der Waals surface area contributed by atoms with Crippen LogP contribution in [0.5, 0.6) is 11.5 Å². The highest BCUT2D eigenvalue weighted by Crippen LogP contribution is 2.37. The first-order valence-corrected chi connectivity index (χ1v) is 9.93. The van der Waals surface area contributed by atoms with Crippen LogP contribution in [0.2, 0.25) is 0 Å². The highest BCUT2D eigenvalue weighted by molar-refractivity contribution is 5.66. The topological polar surface area (TPSA) is 79.0 Å². The quantitative estimate of drug-likeness (QED) is 0.399. The lowest BCUT2D eigenvalue weighted by molar-refractivity contribution is -0.137. The normalized spacial score (nSPS) is 11.5. The van der Waals surface area contributed by atoms with Crippen molar-refractivity contribution >= 4 is 11.6 Å². The van der Waals surface area contributed by atoms with Gasteiger partial charge in [0, 0.05) is 18.8 Å². The minimum absolute atomic E-state index is 0.0311. The Morgan fingerprint density at radius 1 is 1.03 bits per heavy atom. The van der Waals surface area contributed by atoms with Crippen LogP contribution in [0.1, 0.15) is 11.3 Å². The van der Waals surface area contributed by atoms with Gasteiger partial charge in [-0.15, -0.1) is 5.10 Å². The SMILES string of the molecule is COc1cc(-c2nc(Nc3cc(C(F)(F)F)cc(OC)c3F)n(C)n2)ccc1-n1cnc(C)c1. The Labute approximate surface area is 191 Å². The molecule has 0 saturated heterocycles. The number of nitrogens with one attached hydrogen (secondary N) is 1. The van der Waals surface area contributed by atoms with Crippen LogP contribution >= 0.6 is 0 Å². The van der Waals surface area contributed by atoms with Crippen molar-refractivity contribution in [3.63, 3.8) is 0 Å². The molecule has 0 amide bonds. The second-order valence-corrected chi connectivity index (χ2v) is 7.35. The lowest BCUT2D eigenvalue weighted by atomic mass is 10.1. The van der Waals surface area contributed by atoms with Crippen molar-refractivity contribution in [3.05, 3.63) is 59.9 Å². The van der Waals surface area contributed by atoms with E-state index in [1.807, 2.05) is 13.1 Å². The number of aryl methyl sites for hydroxylation is 2. The predicted molar refractivity (Wildman–Crippen MR) is 116 cm³/mol. The molecule has 34 heavy (non-hydrogen) atoms. The Morgan fingerprint density at radius 3 is 2.38 bits per heavy atom. The van der Waals surface area contributed by atoms with E-state index in [1.165, 1.54) is 18.8 Å². The van der Waals surface area contributed by atoms with Crippen LogP contribution in [0.15, 0.2) is 42.9 Å². The van der Waals surface area contributed by atoms with E-state index >= 15 is 0 Å². The van der Waals surface area contributed by atoms with Crippen molar-refractivity contribution in [2.75, 3.05) is 19.5 Å². The van der Waals surface area contributed by atoms with Crippen molar-refractivity contribution in [2.45, 2.75) is 13.1 Å². The number of rotatable bonds is 6. The lowest BCUT2D eigenvalue weighted by Crippen LogP contribution is -2.09. The zero-order valence-electron chi connectivity index (χ0n) is 18.6. The Bertz CT molecular complexity index is 1350. The molecule has 0 spiro atoms. The maximum atomic E-state index is 14.7. The largest absolute Gasteiger partial charge is 0.495 e. The fourth-order valence-electron chi connectivity index (χ4n) is 3.32. The molecule has 0 radical (unpaired) electrons. The number of hydrogen-bond acceptors (Lipinski definition) is 6. The van der Waals surface area contributed by atoms with E-state index in [4.69, 9.17) is 9.47 Å². The summed E-state index contributed by atoms with van der Waals surface area (Å²) in [6, 6.07) is 6.53. The zero-order valence-corrected chi connectivity index (χ0v) is 18.6. The van der Waals surface area contributed by atoms with Crippen LogP contribution < -0.4 is 14.8 Å². The third kappa shape index (κ3) is 4.38. The first-order valence-electron chi connectivity index (χ1n) is 9.93. The van der Waals surface area contributed by atoms with Gasteiger partial charge in [-0.05, 0) is 37.3 Å². The minimum Gasteiger partial charge on any atom is -0.495 e. The molecule has 0 aliphatic heterocycles. The Kier molecular flexibility index (Phi) is 5.90. The van der Waals surface area contributed by atoms with Crippen molar-refractivity contribution in [1.29, 1.82) is 0 Å². The standard InChI is InChI=1S/C22H20F4N6O2/c1-12-10-32(11-27-12)16-6-5-13(7-17(16)33-3)20-29-21(31(2)30-20)28-15-8-14(22(24,25)26)9-18(34-4)19(15)23/h5-11H,1-4H3,(H,28,29,30). The lowest BCUT2D eigenvalue weighted by Gasteiger charge is -2.14. The summed E-state index contributed by atoms with van der Waals surface area (Å²) in [5, 5.41) is 6.87. The molecule has 0 saturated carbocycles. The van der Waals surface area contributed by atoms with Gasteiger partial charge in [-0.1, -0.05) is 0 Å². The summed E-state index contributed by atoms with van der Waals surface area (Å²) in [4.78, 5) is 8.53. The second kappa shape index (κ2) is 8.69. The molecular weight excluding hydrogens is 456 g/mol. The van der Waals surface area contributed by atoms with E-state index in [2.05, 4.69) is 20.4 Å². The van der Waals surface area contributed by atoms with Gasteiger partial charge in [0.1, 0.15) is 5.75 Å². The zero-order chi connectivity index (χ0) is 24.6. The molecule has 1 N–H and O–H groups in total. The molecule has 8 nitrogen and oxygen atoms in total. The van der Waals surface area contributed by atoms with Crippen LogP contribution in [0.3, 0.4) is 0 Å². The molecule has 0 bridgehead atoms.